The molecule has 0 bridgehead atoms. The number of carbonyl (C=O) groups excluding carboxylic acids is 8. The molecule has 2 aliphatic rings. The molecule has 0 aromatic heterocycles. The lowest BCUT2D eigenvalue weighted by molar-refractivity contribution is -0.383. The van der Waals surface area contributed by atoms with Gasteiger partial charge in [-0.25, -0.2) is 0 Å². The molecule has 0 spiro atoms. The van der Waals surface area contributed by atoms with E-state index < -0.39 is 104 Å². The second kappa shape index (κ2) is 16.5. The Kier molecular flexibility index (Phi) is 13.4. The molecular formula is C25H32O19. The minimum absolute atomic E-state index is 0.0280. The van der Waals surface area contributed by atoms with Gasteiger partial charge in [0, 0.05) is 34.6 Å². The lowest BCUT2D eigenvalue weighted by atomic mass is 9.97. The van der Waals surface area contributed by atoms with Gasteiger partial charge in [0.05, 0.1) is 0 Å². The molecule has 0 aliphatic carbocycles. The van der Waals surface area contributed by atoms with Crippen LogP contribution in [0.2, 0.25) is 0 Å². The van der Waals surface area contributed by atoms with Gasteiger partial charge in [0.1, 0.15) is 32.0 Å². The average molecular weight is 637 g/mol. The van der Waals surface area contributed by atoms with Gasteiger partial charge >= 0.3 is 29.8 Å². The summed E-state index contributed by atoms with van der Waals surface area (Å²) < 4.78 is 58.9. The molecule has 19 heteroatoms. The quantitative estimate of drug-likeness (QED) is 0.101. The third kappa shape index (κ3) is 9.58. The second-order valence-corrected chi connectivity index (χ2v) is 9.22. The van der Waals surface area contributed by atoms with E-state index in [-0.39, 0.29) is 19.4 Å². The fourth-order valence-corrected chi connectivity index (χ4v) is 4.57. The Morgan fingerprint density at radius 3 is 1.55 bits per heavy atom. The van der Waals surface area contributed by atoms with Crippen LogP contribution in [0.5, 0.6) is 0 Å². The fraction of sp³-hybridized carbons (Fsp3) is 0.680. The minimum atomic E-state index is -2.46. The Labute approximate surface area is 249 Å². The van der Waals surface area contributed by atoms with Gasteiger partial charge in [-0.15, -0.1) is 0 Å². The minimum Gasteiger partial charge on any atom is -0.465 e. The molecule has 2 aliphatic heterocycles. The lowest BCUT2D eigenvalue weighted by Gasteiger charge is -2.46. The largest absolute Gasteiger partial charge is 0.465 e. The summed E-state index contributed by atoms with van der Waals surface area (Å²) in [5, 5.41) is 0. The van der Waals surface area contributed by atoms with Crippen molar-refractivity contribution in [1.82, 2.24) is 0 Å². The zero-order valence-electron chi connectivity index (χ0n) is 24.2. The summed E-state index contributed by atoms with van der Waals surface area (Å²) in [6, 6.07) is 0. The third-order valence-corrected chi connectivity index (χ3v) is 5.87. The summed E-state index contributed by atoms with van der Waals surface area (Å²) in [5.41, 5.74) is 0. The summed E-state index contributed by atoms with van der Waals surface area (Å²) in [4.78, 5) is 93.6. The summed E-state index contributed by atoms with van der Waals surface area (Å²) in [7, 11) is 0. The molecule has 2 fully saturated rings. The van der Waals surface area contributed by atoms with Crippen LogP contribution in [0.4, 0.5) is 0 Å². The Hall–Kier alpha value is -4.36. The highest BCUT2D eigenvalue weighted by Gasteiger charge is 2.64. The van der Waals surface area contributed by atoms with Crippen LogP contribution in [0.3, 0.4) is 0 Å². The van der Waals surface area contributed by atoms with Crippen molar-refractivity contribution < 1.29 is 90.5 Å². The summed E-state index contributed by atoms with van der Waals surface area (Å²) in [6.07, 6.45) is -13.1. The van der Waals surface area contributed by atoms with E-state index in [1.54, 1.807) is 0 Å². The molecule has 44 heavy (non-hydrogen) atoms. The van der Waals surface area contributed by atoms with Crippen molar-refractivity contribution in [1.29, 1.82) is 0 Å². The van der Waals surface area contributed by atoms with E-state index >= 15 is 0 Å². The monoisotopic (exact) mass is 636 g/mol. The van der Waals surface area contributed by atoms with Crippen LogP contribution in [0.25, 0.3) is 0 Å². The summed E-state index contributed by atoms with van der Waals surface area (Å²) in [6.45, 7) is 2.94. The summed E-state index contributed by atoms with van der Waals surface area (Å²) in [5.74, 6) is -7.10. The van der Waals surface area contributed by atoms with Gasteiger partial charge in [0.2, 0.25) is 12.1 Å². The number of hydrogen-bond donors (Lipinski definition) is 0. The van der Waals surface area contributed by atoms with Gasteiger partial charge in [0.25, 0.3) is 19.4 Å². The van der Waals surface area contributed by atoms with Gasteiger partial charge in [-0.05, 0) is 0 Å². The van der Waals surface area contributed by atoms with Crippen molar-refractivity contribution in [3.63, 3.8) is 0 Å². The van der Waals surface area contributed by atoms with Crippen LogP contribution >= 0.6 is 0 Å². The number of hydrogen-bond acceptors (Lipinski definition) is 19. The smallest absolute Gasteiger partial charge is 0.303 e. The topological polar surface area (TPSA) is 238 Å². The van der Waals surface area contributed by atoms with E-state index in [1.807, 2.05) is 0 Å². The number of carbonyl (C=O) groups is 8. The van der Waals surface area contributed by atoms with Crippen LogP contribution in [0, 0.1) is 0 Å². The number of ether oxygens (including phenoxy) is 11. The normalized spacial score (nSPS) is 30.9. The maximum Gasteiger partial charge on any atom is 0.303 e. The first-order valence-electron chi connectivity index (χ1n) is 12.8. The molecule has 0 unspecified atom stereocenters. The molecule has 9 atom stereocenters. The molecule has 0 aromatic rings. The predicted octanol–water partition coefficient (Wildman–Crippen LogP) is -2.00. The Balaban J connectivity index is 2.73. The van der Waals surface area contributed by atoms with E-state index in [9.17, 15) is 38.4 Å². The second-order valence-electron chi connectivity index (χ2n) is 9.22. The fourth-order valence-electron chi connectivity index (χ4n) is 4.57. The Morgan fingerprint density at radius 2 is 1.05 bits per heavy atom. The van der Waals surface area contributed by atoms with E-state index in [0.717, 1.165) is 34.6 Å². The molecular weight excluding hydrogens is 604 g/mol. The van der Waals surface area contributed by atoms with Crippen molar-refractivity contribution >= 4 is 49.3 Å². The maximum absolute atomic E-state index is 12.2. The van der Waals surface area contributed by atoms with E-state index in [4.69, 9.17) is 52.1 Å². The zero-order valence-corrected chi connectivity index (χ0v) is 24.2. The van der Waals surface area contributed by atoms with Crippen molar-refractivity contribution in [3.8, 4) is 0 Å². The van der Waals surface area contributed by atoms with Crippen LogP contribution in [0.1, 0.15) is 34.6 Å². The van der Waals surface area contributed by atoms with Gasteiger partial charge in [-0.2, -0.15) is 0 Å². The lowest BCUT2D eigenvalue weighted by Crippen LogP contribution is -2.65. The summed E-state index contributed by atoms with van der Waals surface area (Å²) >= 11 is 0. The molecule has 0 N–H and O–H groups in total. The van der Waals surface area contributed by atoms with Gasteiger partial charge < -0.3 is 52.1 Å². The highest BCUT2D eigenvalue weighted by Crippen LogP contribution is 2.41. The standard InChI is InChI=1S/C25H32O19/c1-12(29)37-19-17(6-34-9-26)42-24(22(40-15(4)32)21(19)39-14(3)31)44-25(8-36-11-28)23(41-16(5)33)20(38-13(2)30)18(43-25)7-35-10-27/h9-11,17-24H,6-8H2,1-5H3/t17-,18-,19-,20-,21+,22-,23+,24-,25+/m1/s1. The SMILES string of the molecule is CC(=O)O[C@@H]1[C@@H](OC(C)=O)[C@@H](O[C@]2(COC=O)O[C@H](COC=O)[C@@H](OC(C)=O)[C@@H]2OC(C)=O)O[C@H](COC=O)[C@H]1OC(C)=O. The van der Waals surface area contributed by atoms with Crippen molar-refractivity contribution in [3.05, 3.63) is 0 Å². The van der Waals surface area contributed by atoms with Crippen LogP contribution in [-0.4, -0.2) is 124 Å². The van der Waals surface area contributed by atoms with Crippen molar-refractivity contribution in [2.24, 2.45) is 0 Å². The molecule has 2 rings (SSSR count). The molecule has 2 saturated heterocycles. The molecule has 2 heterocycles. The first-order valence-corrected chi connectivity index (χ1v) is 12.8. The van der Waals surface area contributed by atoms with E-state index in [0.29, 0.717) is 0 Å². The van der Waals surface area contributed by atoms with Gasteiger partial charge in [-0.1, -0.05) is 0 Å². The highest BCUT2D eigenvalue weighted by atomic mass is 16.8. The first kappa shape index (κ1) is 35.8. The predicted molar refractivity (Wildman–Crippen MR) is 131 cm³/mol. The molecule has 19 nitrogen and oxygen atoms in total. The Bertz CT molecular complexity index is 1080. The third-order valence-electron chi connectivity index (χ3n) is 5.87. The zero-order chi connectivity index (χ0) is 33.0. The van der Waals surface area contributed by atoms with Gasteiger partial charge in [0.15, 0.2) is 30.5 Å². The average Bonchev–Trinajstić information content (AvgIpc) is 3.18. The van der Waals surface area contributed by atoms with Crippen molar-refractivity contribution in [2.45, 2.75) is 89.4 Å². The van der Waals surface area contributed by atoms with Crippen LogP contribution < -0.4 is 0 Å². The van der Waals surface area contributed by atoms with E-state index in [1.165, 1.54) is 0 Å². The molecule has 0 amide bonds. The maximum atomic E-state index is 12.2. The van der Waals surface area contributed by atoms with Gasteiger partial charge in [-0.3, -0.25) is 38.4 Å². The highest BCUT2D eigenvalue weighted by molar-refractivity contribution is 5.69. The number of rotatable bonds is 16. The molecule has 246 valence electrons. The first-order chi connectivity index (χ1) is 20.8. The molecule has 0 radical (unpaired) electrons. The van der Waals surface area contributed by atoms with Crippen LogP contribution in [-0.2, 0) is 90.5 Å². The van der Waals surface area contributed by atoms with E-state index in [2.05, 4.69) is 0 Å². The molecule has 0 saturated carbocycles. The van der Waals surface area contributed by atoms with Crippen molar-refractivity contribution in [2.75, 3.05) is 19.8 Å². The number of esters is 5. The van der Waals surface area contributed by atoms with Crippen LogP contribution in [0.15, 0.2) is 0 Å². The Morgan fingerprint density at radius 1 is 0.591 bits per heavy atom. The molecule has 0 aromatic carbocycles.